The number of methoxy groups -OCH3 is 1. The second kappa shape index (κ2) is 12.5. The van der Waals surface area contributed by atoms with Gasteiger partial charge in [-0.2, -0.15) is 0 Å². The van der Waals surface area contributed by atoms with Gasteiger partial charge in [-0.05, 0) is 103 Å². The zero-order valence-corrected chi connectivity index (χ0v) is 21.4. The first-order valence-corrected chi connectivity index (χ1v) is 13.1. The molecule has 1 heterocycles. The number of hydrogen-bond donors (Lipinski definition) is 1. The lowest BCUT2D eigenvalue weighted by Crippen LogP contribution is -2.20. The number of carbonyl (C=O) groups excluding carboxylic acids is 2. The molecule has 6 nitrogen and oxygen atoms in total. The molecule has 0 aliphatic carbocycles. The molecule has 4 rings (SSSR count). The Balaban J connectivity index is 1.25. The zero-order chi connectivity index (χ0) is 25.3. The van der Waals surface area contributed by atoms with Gasteiger partial charge in [0.1, 0.15) is 28.2 Å². The molecule has 0 saturated carbocycles. The summed E-state index contributed by atoms with van der Waals surface area (Å²) in [5.74, 6) is 2.94. The molecule has 0 spiro atoms. The predicted molar refractivity (Wildman–Crippen MR) is 142 cm³/mol. The Bertz CT molecular complexity index is 1180. The topological polar surface area (TPSA) is 73.9 Å². The third-order valence-corrected chi connectivity index (χ3v) is 7.01. The number of ether oxygens (including phenoxy) is 3. The Labute approximate surface area is 216 Å². The summed E-state index contributed by atoms with van der Waals surface area (Å²) in [7, 11) is 1.65. The maximum Gasteiger partial charge on any atom is 0.286 e. The molecule has 3 aromatic rings. The van der Waals surface area contributed by atoms with Crippen molar-refractivity contribution in [3.05, 3.63) is 83.4 Å². The van der Waals surface area contributed by atoms with E-state index in [1.165, 1.54) is 11.1 Å². The number of rotatable bonds is 12. The summed E-state index contributed by atoms with van der Waals surface area (Å²) in [6.45, 7) is 2.81. The Hall–Kier alpha value is -3.45. The minimum atomic E-state index is -0.475. The van der Waals surface area contributed by atoms with Crippen molar-refractivity contribution in [2.75, 3.05) is 13.7 Å². The molecule has 1 atom stereocenters. The predicted octanol–water partition coefficient (Wildman–Crippen LogP) is 6.87. The van der Waals surface area contributed by atoms with Gasteiger partial charge in [-0.15, -0.1) is 0 Å². The third-order valence-electron chi connectivity index (χ3n) is 5.97. The lowest BCUT2D eigenvalue weighted by Gasteiger charge is -2.13. The van der Waals surface area contributed by atoms with Crippen LogP contribution in [0.4, 0.5) is 4.79 Å². The van der Waals surface area contributed by atoms with Crippen LogP contribution in [0, 0.1) is 0 Å². The van der Waals surface area contributed by atoms with Crippen LogP contribution in [0.2, 0.25) is 0 Å². The minimum Gasteiger partial charge on any atom is -0.497 e. The Kier molecular flexibility index (Phi) is 8.90. The SMILES string of the molecule is CCCc1cc(Oc2ccc(OC)cc2)ccc1CCCCOc1ccc(C2SC(=O)NC2=O)cc1. The van der Waals surface area contributed by atoms with Crippen molar-refractivity contribution < 1.29 is 23.8 Å². The van der Waals surface area contributed by atoms with Crippen molar-refractivity contribution in [3.63, 3.8) is 0 Å². The maximum absolute atomic E-state index is 11.8. The van der Waals surface area contributed by atoms with Crippen LogP contribution in [0.15, 0.2) is 66.7 Å². The molecule has 1 saturated heterocycles. The van der Waals surface area contributed by atoms with Gasteiger partial charge < -0.3 is 14.2 Å². The molecule has 1 N–H and O–H groups in total. The van der Waals surface area contributed by atoms with Gasteiger partial charge in [-0.1, -0.05) is 31.5 Å². The number of carbonyl (C=O) groups is 2. The molecule has 3 aromatic carbocycles. The molecular weight excluding hydrogens is 474 g/mol. The number of amides is 2. The highest BCUT2D eigenvalue weighted by molar-refractivity contribution is 8.15. The van der Waals surface area contributed by atoms with Crippen LogP contribution in [-0.2, 0) is 17.6 Å². The van der Waals surface area contributed by atoms with E-state index < -0.39 is 5.25 Å². The monoisotopic (exact) mass is 505 g/mol. The van der Waals surface area contributed by atoms with E-state index in [1.54, 1.807) is 7.11 Å². The molecule has 188 valence electrons. The largest absolute Gasteiger partial charge is 0.497 e. The maximum atomic E-state index is 11.8. The molecule has 0 bridgehead atoms. The lowest BCUT2D eigenvalue weighted by atomic mass is 9.98. The van der Waals surface area contributed by atoms with E-state index in [-0.39, 0.29) is 11.1 Å². The van der Waals surface area contributed by atoms with Crippen molar-refractivity contribution in [3.8, 4) is 23.0 Å². The Morgan fingerprint density at radius 2 is 1.50 bits per heavy atom. The molecule has 1 unspecified atom stereocenters. The van der Waals surface area contributed by atoms with Gasteiger partial charge in [-0.25, -0.2) is 0 Å². The molecular formula is C29H31NO5S. The van der Waals surface area contributed by atoms with Crippen LogP contribution in [0.3, 0.4) is 0 Å². The summed E-state index contributed by atoms with van der Waals surface area (Å²) < 4.78 is 17.1. The van der Waals surface area contributed by atoms with E-state index in [2.05, 4.69) is 24.4 Å². The zero-order valence-electron chi connectivity index (χ0n) is 20.6. The van der Waals surface area contributed by atoms with Gasteiger partial charge in [0.15, 0.2) is 0 Å². The fraction of sp³-hybridized carbons (Fsp3) is 0.310. The van der Waals surface area contributed by atoms with Crippen LogP contribution < -0.4 is 19.5 Å². The summed E-state index contributed by atoms with van der Waals surface area (Å²) in [5.41, 5.74) is 3.48. The molecule has 0 aromatic heterocycles. The lowest BCUT2D eigenvalue weighted by molar-refractivity contribution is -0.119. The molecule has 1 aliphatic rings. The van der Waals surface area contributed by atoms with Crippen LogP contribution in [0.1, 0.15) is 48.1 Å². The van der Waals surface area contributed by atoms with Gasteiger partial charge in [0, 0.05) is 0 Å². The second-order valence-corrected chi connectivity index (χ2v) is 9.69. The average Bonchev–Trinajstić information content (AvgIpc) is 3.23. The number of nitrogens with one attached hydrogen (secondary N) is 1. The molecule has 2 amide bonds. The first-order chi connectivity index (χ1) is 17.6. The van der Waals surface area contributed by atoms with Gasteiger partial charge in [-0.3, -0.25) is 14.9 Å². The summed E-state index contributed by atoms with van der Waals surface area (Å²) in [6.07, 6.45) is 5.04. The van der Waals surface area contributed by atoms with Crippen molar-refractivity contribution >= 4 is 22.9 Å². The van der Waals surface area contributed by atoms with Crippen LogP contribution >= 0.6 is 11.8 Å². The van der Waals surface area contributed by atoms with Gasteiger partial charge in [0.2, 0.25) is 5.91 Å². The summed E-state index contributed by atoms with van der Waals surface area (Å²) in [5, 5.41) is 1.54. The third kappa shape index (κ3) is 6.82. The number of hydrogen-bond acceptors (Lipinski definition) is 6. The summed E-state index contributed by atoms with van der Waals surface area (Å²) in [4.78, 5) is 23.2. The van der Waals surface area contributed by atoms with Crippen LogP contribution in [0.25, 0.3) is 0 Å². The molecule has 0 radical (unpaired) electrons. The fourth-order valence-electron chi connectivity index (χ4n) is 4.11. The Morgan fingerprint density at radius 3 is 2.17 bits per heavy atom. The van der Waals surface area contributed by atoms with E-state index in [4.69, 9.17) is 14.2 Å². The highest BCUT2D eigenvalue weighted by Crippen LogP contribution is 2.34. The Morgan fingerprint density at radius 1 is 0.806 bits per heavy atom. The van der Waals surface area contributed by atoms with Crippen LogP contribution in [0.5, 0.6) is 23.0 Å². The minimum absolute atomic E-state index is 0.263. The van der Waals surface area contributed by atoms with E-state index >= 15 is 0 Å². The normalized spacial score (nSPS) is 15.0. The van der Waals surface area contributed by atoms with Gasteiger partial charge in [0.25, 0.3) is 5.24 Å². The van der Waals surface area contributed by atoms with E-state index in [0.717, 1.165) is 72.4 Å². The number of benzene rings is 3. The van der Waals surface area contributed by atoms with Gasteiger partial charge in [0.05, 0.1) is 13.7 Å². The average molecular weight is 506 g/mol. The number of imide groups is 1. The standard InChI is InChI=1S/C29H31NO5S/c1-3-6-22-19-26(35-25-16-14-23(33-2)15-17-25)13-8-20(22)7-4-5-18-34-24-11-9-21(10-12-24)27-28(31)30-29(32)36-27/h8-17,19,27H,3-7,18H2,1-2H3,(H,30,31,32). The highest BCUT2D eigenvalue weighted by atomic mass is 32.2. The number of aryl methyl sites for hydroxylation is 2. The first-order valence-electron chi connectivity index (χ1n) is 12.2. The molecule has 36 heavy (non-hydrogen) atoms. The highest BCUT2D eigenvalue weighted by Gasteiger charge is 2.32. The van der Waals surface area contributed by atoms with E-state index in [1.807, 2.05) is 54.6 Å². The van der Waals surface area contributed by atoms with E-state index in [9.17, 15) is 9.59 Å². The quantitative estimate of drug-likeness (QED) is 0.271. The van der Waals surface area contributed by atoms with Crippen molar-refractivity contribution in [1.29, 1.82) is 0 Å². The van der Waals surface area contributed by atoms with Crippen molar-refractivity contribution in [2.45, 2.75) is 44.3 Å². The fourth-order valence-corrected chi connectivity index (χ4v) is 4.95. The summed E-state index contributed by atoms with van der Waals surface area (Å²) in [6, 6.07) is 21.4. The molecule has 7 heteroatoms. The van der Waals surface area contributed by atoms with Crippen LogP contribution in [-0.4, -0.2) is 24.9 Å². The smallest absolute Gasteiger partial charge is 0.286 e. The number of thioether (sulfide) groups is 1. The second-order valence-electron chi connectivity index (χ2n) is 8.61. The first kappa shape index (κ1) is 25.6. The van der Waals surface area contributed by atoms with E-state index in [0.29, 0.717) is 6.61 Å². The van der Waals surface area contributed by atoms with Gasteiger partial charge >= 0.3 is 0 Å². The number of unbranched alkanes of at least 4 members (excludes halogenated alkanes) is 1. The van der Waals surface area contributed by atoms with Crippen molar-refractivity contribution in [1.82, 2.24) is 5.32 Å². The van der Waals surface area contributed by atoms with Crippen molar-refractivity contribution in [2.24, 2.45) is 0 Å². The summed E-state index contributed by atoms with van der Waals surface area (Å²) >= 11 is 1.01. The molecule has 1 fully saturated rings. The molecule has 1 aliphatic heterocycles.